The van der Waals surface area contributed by atoms with Gasteiger partial charge < -0.3 is 14.5 Å². The van der Waals surface area contributed by atoms with Crippen LogP contribution in [-0.2, 0) is 13.1 Å². The van der Waals surface area contributed by atoms with Crippen molar-refractivity contribution in [2.45, 2.75) is 13.1 Å². The summed E-state index contributed by atoms with van der Waals surface area (Å²) in [6, 6.07) is 17.1. The summed E-state index contributed by atoms with van der Waals surface area (Å²) in [7, 11) is 1.72. The SMILES string of the molecule is COc1cc(-c2csc3ccccc23)cc2c1OCCN(Cc1ccc[nH]1)C2. The van der Waals surface area contributed by atoms with Crippen molar-refractivity contribution in [3.05, 3.63) is 71.4 Å². The molecule has 4 nitrogen and oxygen atoms in total. The lowest BCUT2D eigenvalue weighted by Crippen LogP contribution is -2.25. The molecule has 0 atom stereocenters. The Labute approximate surface area is 168 Å². The van der Waals surface area contributed by atoms with Gasteiger partial charge in [0.1, 0.15) is 6.61 Å². The molecule has 2 aromatic carbocycles. The molecular weight excluding hydrogens is 368 g/mol. The number of hydrogen-bond donors (Lipinski definition) is 1. The van der Waals surface area contributed by atoms with E-state index >= 15 is 0 Å². The van der Waals surface area contributed by atoms with Crippen LogP contribution in [0.1, 0.15) is 11.3 Å². The first kappa shape index (κ1) is 17.3. The zero-order chi connectivity index (χ0) is 18.9. The van der Waals surface area contributed by atoms with Crippen LogP contribution in [0.25, 0.3) is 21.2 Å². The van der Waals surface area contributed by atoms with Gasteiger partial charge in [0.2, 0.25) is 0 Å². The largest absolute Gasteiger partial charge is 0.493 e. The maximum Gasteiger partial charge on any atom is 0.165 e. The van der Waals surface area contributed by atoms with Gasteiger partial charge in [0.25, 0.3) is 0 Å². The molecule has 5 heteroatoms. The van der Waals surface area contributed by atoms with Crippen LogP contribution in [0.3, 0.4) is 0 Å². The van der Waals surface area contributed by atoms with E-state index in [1.165, 1.54) is 32.5 Å². The number of hydrogen-bond acceptors (Lipinski definition) is 4. The van der Waals surface area contributed by atoms with Crippen LogP contribution >= 0.6 is 11.3 Å². The summed E-state index contributed by atoms with van der Waals surface area (Å²) in [4.78, 5) is 5.71. The third-order valence-corrected chi connectivity index (χ3v) is 6.21. The number of fused-ring (bicyclic) bond motifs is 2. The summed E-state index contributed by atoms with van der Waals surface area (Å²) >= 11 is 1.78. The molecule has 0 amide bonds. The second-order valence-corrected chi connectivity index (χ2v) is 7.98. The summed E-state index contributed by atoms with van der Waals surface area (Å²) < 4.78 is 13.1. The molecule has 5 rings (SSSR count). The lowest BCUT2D eigenvalue weighted by atomic mass is 10.0. The molecule has 0 unspecified atom stereocenters. The highest BCUT2D eigenvalue weighted by Crippen LogP contribution is 2.41. The first-order valence-electron chi connectivity index (χ1n) is 9.47. The van der Waals surface area contributed by atoms with Crippen LogP contribution in [0, 0.1) is 0 Å². The number of methoxy groups -OCH3 is 1. The number of nitrogens with one attached hydrogen (secondary N) is 1. The number of H-pyrrole nitrogens is 1. The lowest BCUT2D eigenvalue weighted by Gasteiger charge is -2.19. The number of thiophene rings is 1. The van der Waals surface area contributed by atoms with Crippen molar-refractivity contribution in [1.29, 1.82) is 0 Å². The van der Waals surface area contributed by atoms with Gasteiger partial charge in [0.15, 0.2) is 11.5 Å². The Morgan fingerprint density at radius 1 is 1.18 bits per heavy atom. The van der Waals surface area contributed by atoms with E-state index in [0.29, 0.717) is 6.61 Å². The van der Waals surface area contributed by atoms with E-state index in [1.807, 2.05) is 12.3 Å². The van der Waals surface area contributed by atoms with Gasteiger partial charge in [0.05, 0.1) is 7.11 Å². The number of aromatic amines is 1. The highest BCUT2D eigenvalue weighted by Gasteiger charge is 2.21. The minimum atomic E-state index is 0.658. The summed E-state index contributed by atoms with van der Waals surface area (Å²) in [5.74, 6) is 1.68. The average Bonchev–Trinajstić information content (AvgIpc) is 3.33. The summed E-state index contributed by atoms with van der Waals surface area (Å²) in [5, 5.41) is 3.52. The zero-order valence-electron chi connectivity index (χ0n) is 15.8. The monoisotopic (exact) mass is 390 g/mol. The Balaban J connectivity index is 1.55. The van der Waals surface area contributed by atoms with Crippen molar-refractivity contribution in [3.63, 3.8) is 0 Å². The number of ether oxygens (including phenoxy) is 2. The van der Waals surface area contributed by atoms with Gasteiger partial charge in [0, 0.05) is 52.7 Å². The predicted octanol–water partition coefficient (Wildman–Crippen LogP) is 5.30. The highest BCUT2D eigenvalue weighted by atomic mass is 32.1. The lowest BCUT2D eigenvalue weighted by molar-refractivity contribution is 0.215. The molecule has 28 heavy (non-hydrogen) atoms. The second kappa shape index (κ2) is 7.34. The van der Waals surface area contributed by atoms with Crippen LogP contribution in [0.2, 0.25) is 0 Å². The van der Waals surface area contributed by atoms with Gasteiger partial charge in [-0.15, -0.1) is 11.3 Å². The Morgan fingerprint density at radius 2 is 2.11 bits per heavy atom. The van der Waals surface area contributed by atoms with Gasteiger partial charge in [-0.3, -0.25) is 4.90 Å². The zero-order valence-corrected chi connectivity index (χ0v) is 16.6. The van der Waals surface area contributed by atoms with Gasteiger partial charge in [-0.2, -0.15) is 0 Å². The van der Waals surface area contributed by atoms with Crippen LogP contribution in [0.5, 0.6) is 11.5 Å². The number of aromatic nitrogens is 1. The molecule has 2 aromatic heterocycles. The van der Waals surface area contributed by atoms with E-state index in [-0.39, 0.29) is 0 Å². The number of nitrogens with zero attached hydrogens (tertiary/aromatic N) is 1. The molecule has 0 fully saturated rings. The van der Waals surface area contributed by atoms with E-state index in [0.717, 1.165) is 31.1 Å². The van der Waals surface area contributed by atoms with E-state index in [4.69, 9.17) is 9.47 Å². The number of rotatable bonds is 4. The highest BCUT2D eigenvalue weighted by molar-refractivity contribution is 7.17. The van der Waals surface area contributed by atoms with Crippen LogP contribution in [-0.4, -0.2) is 30.1 Å². The quantitative estimate of drug-likeness (QED) is 0.514. The smallest absolute Gasteiger partial charge is 0.165 e. The molecule has 0 spiro atoms. The third kappa shape index (κ3) is 3.17. The van der Waals surface area contributed by atoms with Gasteiger partial charge in [-0.05, 0) is 41.3 Å². The topological polar surface area (TPSA) is 37.5 Å². The van der Waals surface area contributed by atoms with Gasteiger partial charge in [-0.25, -0.2) is 0 Å². The summed E-state index contributed by atoms with van der Waals surface area (Å²) in [6.45, 7) is 3.25. The maximum atomic E-state index is 6.11. The standard InChI is InChI=1S/C23H22N2O2S/c1-26-21-12-16(20-15-28-22-7-3-2-6-19(20)22)11-17-13-25(9-10-27-23(17)21)14-18-5-4-8-24-18/h2-8,11-12,15,24H,9-10,13-14H2,1H3. The normalized spacial score (nSPS) is 14.5. The Morgan fingerprint density at radius 3 is 2.96 bits per heavy atom. The second-order valence-electron chi connectivity index (χ2n) is 7.07. The molecule has 1 aliphatic heterocycles. The molecule has 4 aromatic rings. The van der Waals surface area contributed by atoms with Crippen molar-refractivity contribution in [1.82, 2.24) is 9.88 Å². The van der Waals surface area contributed by atoms with Crippen LogP contribution < -0.4 is 9.47 Å². The van der Waals surface area contributed by atoms with Gasteiger partial charge in [-0.1, -0.05) is 18.2 Å². The van der Waals surface area contributed by atoms with Crippen molar-refractivity contribution in [3.8, 4) is 22.6 Å². The maximum absolute atomic E-state index is 6.11. The van der Waals surface area contributed by atoms with E-state index in [1.54, 1.807) is 18.4 Å². The molecule has 0 saturated heterocycles. The van der Waals surface area contributed by atoms with Crippen molar-refractivity contribution in [2.75, 3.05) is 20.3 Å². The molecule has 0 aliphatic carbocycles. The molecular formula is C23H22N2O2S. The molecule has 0 saturated carbocycles. The Hall–Kier alpha value is -2.76. The first-order chi connectivity index (χ1) is 13.8. The van der Waals surface area contributed by atoms with Crippen molar-refractivity contribution >= 4 is 21.4 Å². The fraction of sp³-hybridized carbons (Fsp3) is 0.217. The molecule has 1 N–H and O–H groups in total. The Bertz CT molecular complexity index is 1100. The summed E-state index contributed by atoms with van der Waals surface area (Å²) in [6.07, 6.45) is 1.97. The Kier molecular flexibility index (Phi) is 4.55. The molecule has 0 radical (unpaired) electrons. The first-order valence-corrected chi connectivity index (χ1v) is 10.3. The number of benzene rings is 2. The van der Waals surface area contributed by atoms with Crippen LogP contribution in [0.4, 0.5) is 0 Å². The third-order valence-electron chi connectivity index (χ3n) is 5.25. The van der Waals surface area contributed by atoms with E-state index in [2.05, 4.69) is 57.7 Å². The predicted molar refractivity (Wildman–Crippen MR) is 114 cm³/mol. The summed E-state index contributed by atoms with van der Waals surface area (Å²) in [5.41, 5.74) is 4.82. The fourth-order valence-corrected chi connectivity index (χ4v) is 4.86. The minimum absolute atomic E-state index is 0.658. The van der Waals surface area contributed by atoms with Crippen LogP contribution in [0.15, 0.2) is 60.1 Å². The van der Waals surface area contributed by atoms with E-state index in [9.17, 15) is 0 Å². The van der Waals surface area contributed by atoms with E-state index < -0.39 is 0 Å². The molecule has 0 bridgehead atoms. The average molecular weight is 391 g/mol. The molecule has 1 aliphatic rings. The molecule has 3 heterocycles. The molecule has 142 valence electrons. The minimum Gasteiger partial charge on any atom is -0.493 e. The van der Waals surface area contributed by atoms with Crippen molar-refractivity contribution in [2.24, 2.45) is 0 Å². The van der Waals surface area contributed by atoms with Gasteiger partial charge >= 0.3 is 0 Å². The van der Waals surface area contributed by atoms with Crippen molar-refractivity contribution < 1.29 is 9.47 Å². The fourth-order valence-electron chi connectivity index (χ4n) is 3.89.